The topological polar surface area (TPSA) is 385 Å². The lowest BCUT2D eigenvalue weighted by molar-refractivity contribution is -0.384. The number of amides is 9. The van der Waals surface area contributed by atoms with Crippen LogP contribution in [0.4, 0.5) is 22.7 Å². The number of ketones is 2. The molecule has 28 nitrogen and oxygen atoms in total. The molecular formula is C86H117N13O15. The summed E-state index contributed by atoms with van der Waals surface area (Å²) in [5.41, 5.74) is -2.09. The maximum Gasteiger partial charge on any atom is 0.306 e. The summed E-state index contributed by atoms with van der Waals surface area (Å²) >= 11 is 0. The van der Waals surface area contributed by atoms with Crippen molar-refractivity contribution in [1.29, 1.82) is 0 Å². The van der Waals surface area contributed by atoms with Gasteiger partial charge in [0.15, 0.2) is 11.6 Å². The van der Waals surface area contributed by atoms with Gasteiger partial charge < -0.3 is 57.1 Å². The standard InChI is InChI=1S/C86H117N13O15/c1-14-97(59-35-31-57(32-36-59)95-96-58-33-37-60(38-34-58)99(112)113)41-42-114-72(101)40-39-71(100)98-49-61(73(102)51-43-53(75(104)87-63-23-15-19-27-67(63)91-79(108)83(2,3)4)47-54(44-51)76(105)88-64-24-16-20-28-68(64)92-80(109)84(5,6)7)62(50-98)74(103)52-45-55(77(106)89-65-25-17-21-29-69(65)93-81(110)85(8,9)10)48-56(46-52)78(107)90-66-26-18-22-30-70(66)94-82(111)86(11,12)13/h31-38,43-48,61-70H,14-30,39-42,49-50H2,1-13H3,(H,87,104)(H,88,105)(H,89,106)(H,90,107)(H,91,108)(H,92,109)(H,93,110)(H,94,111)/t61-,62-,63-,64-,65-,66-,67-,68-,69-,70-/m1/s1. The van der Waals surface area contributed by atoms with Crippen LogP contribution in [-0.2, 0) is 33.5 Å². The van der Waals surface area contributed by atoms with Crippen LogP contribution in [0.1, 0.15) is 268 Å². The summed E-state index contributed by atoms with van der Waals surface area (Å²) in [7, 11) is 0. The van der Waals surface area contributed by atoms with Crippen molar-refractivity contribution in [1.82, 2.24) is 47.4 Å². The number of nitrogens with zero attached hydrogens (tertiary/aromatic N) is 5. The molecule has 0 aromatic heterocycles. The zero-order chi connectivity index (χ0) is 83.1. The number of esters is 1. The highest BCUT2D eigenvalue weighted by atomic mass is 16.6. The van der Waals surface area contributed by atoms with E-state index in [0.717, 1.165) is 57.1 Å². The highest BCUT2D eigenvalue weighted by molar-refractivity contribution is 6.11. The number of hydrogen-bond donors (Lipinski definition) is 8. The number of azo groups is 1. The normalized spacial score (nSPS) is 22.1. The molecule has 616 valence electrons. The highest BCUT2D eigenvalue weighted by Crippen LogP contribution is 2.35. The zero-order valence-corrected chi connectivity index (χ0v) is 68.5. The molecule has 9 rings (SSSR count). The summed E-state index contributed by atoms with van der Waals surface area (Å²) in [5.74, 6) is -9.18. The number of nitro groups is 1. The predicted molar refractivity (Wildman–Crippen MR) is 431 cm³/mol. The van der Waals surface area contributed by atoms with E-state index in [1.165, 1.54) is 65.6 Å². The van der Waals surface area contributed by atoms with Crippen molar-refractivity contribution in [2.24, 2.45) is 43.7 Å². The molecule has 5 aliphatic rings. The van der Waals surface area contributed by atoms with E-state index in [9.17, 15) is 38.9 Å². The van der Waals surface area contributed by atoms with Crippen LogP contribution in [0.3, 0.4) is 0 Å². The van der Waals surface area contributed by atoms with Crippen molar-refractivity contribution in [2.75, 3.05) is 37.7 Å². The van der Waals surface area contributed by atoms with Crippen LogP contribution in [-0.4, -0.2) is 162 Å². The van der Waals surface area contributed by atoms with E-state index in [4.69, 9.17) is 4.74 Å². The van der Waals surface area contributed by atoms with Gasteiger partial charge in [0.2, 0.25) is 29.5 Å². The molecule has 4 saturated carbocycles. The van der Waals surface area contributed by atoms with Gasteiger partial charge in [-0.2, -0.15) is 10.2 Å². The molecule has 0 spiro atoms. The number of anilines is 1. The van der Waals surface area contributed by atoms with Crippen molar-refractivity contribution < 1.29 is 67.2 Å². The summed E-state index contributed by atoms with van der Waals surface area (Å²) in [5, 5.41) is 44.4. The van der Waals surface area contributed by atoms with Crippen molar-refractivity contribution in [3.8, 4) is 0 Å². The fraction of sp³-hybridized carbons (Fsp3) is 0.581. The Morgan fingerprint density at radius 3 is 0.982 bits per heavy atom. The molecule has 0 unspecified atom stereocenters. The summed E-state index contributed by atoms with van der Waals surface area (Å²) in [6.07, 6.45) is 9.56. The third kappa shape index (κ3) is 23.9. The Kier molecular flexibility index (Phi) is 29.4. The van der Waals surface area contributed by atoms with Crippen molar-refractivity contribution >= 4 is 93.4 Å². The minimum absolute atomic E-state index is 0.0679. The molecule has 5 fully saturated rings. The number of nitro benzene ring substituents is 1. The van der Waals surface area contributed by atoms with Gasteiger partial charge in [-0.3, -0.25) is 67.6 Å². The van der Waals surface area contributed by atoms with Gasteiger partial charge in [0.05, 0.1) is 41.1 Å². The maximum atomic E-state index is 16.1. The number of carbonyl (C=O) groups is 12. The molecule has 114 heavy (non-hydrogen) atoms. The maximum absolute atomic E-state index is 16.1. The van der Waals surface area contributed by atoms with Gasteiger partial charge in [0.1, 0.15) is 6.61 Å². The van der Waals surface area contributed by atoms with Crippen LogP contribution >= 0.6 is 0 Å². The minimum Gasteiger partial charge on any atom is -0.464 e. The average Bonchev–Trinajstić information content (AvgIpc) is 1.60. The SMILES string of the molecule is CCN(CCOC(=O)CCC(=O)N1C[C@@H](C(=O)c2cc(C(=O)N[C@@H]3CCCC[C@H]3NC(=O)C(C)(C)C)cc(C(=O)N[C@@H]3CCCC[C@H]3NC(=O)C(C)(C)C)c2)[C@H](C(=O)c2cc(C(=O)N[C@@H]3CCCC[C@H]3NC(=O)C(C)(C)C)cc(C(=O)N[C@@H]3CCCC[C@H]3NC(=O)C(C)(C)C)c2)C1)c1ccc(N=Nc2ccc([N+](=O)[O-])cc2)cc1. The average molecular weight is 1570 g/mol. The van der Waals surface area contributed by atoms with Crippen molar-refractivity contribution in [2.45, 2.75) is 254 Å². The lowest BCUT2D eigenvalue weighted by Crippen LogP contribution is -2.55. The Balaban J connectivity index is 1.05. The number of Topliss-reactive ketones (excluding diaryl/α,β-unsaturated/α-hetero) is 2. The zero-order valence-electron chi connectivity index (χ0n) is 68.5. The predicted octanol–water partition coefficient (Wildman–Crippen LogP) is 11.8. The van der Waals surface area contributed by atoms with Gasteiger partial charge in [0.25, 0.3) is 29.3 Å². The lowest BCUT2D eigenvalue weighted by Gasteiger charge is -2.35. The third-order valence-electron chi connectivity index (χ3n) is 22.3. The Morgan fingerprint density at radius 2 is 0.702 bits per heavy atom. The number of likely N-dealkylation sites (N-methyl/N-ethyl adjacent to an activating group) is 1. The van der Waals surface area contributed by atoms with Gasteiger partial charge >= 0.3 is 5.97 Å². The van der Waals surface area contributed by atoms with E-state index in [1.807, 2.05) is 24.0 Å². The first kappa shape index (κ1) is 87.7. The number of ether oxygens (including phenoxy) is 1. The number of carbonyl (C=O) groups excluding carboxylic acids is 12. The molecule has 8 N–H and O–H groups in total. The molecule has 28 heteroatoms. The van der Waals surface area contributed by atoms with Crippen LogP contribution in [0.25, 0.3) is 0 Å². The van der Waals surface area contributed by atoms with E-state index in [0.29, 0.717) is 69.3 Å². The fourth-order valence-corrected chi connectivity index (χ4v) is 15.1. The van der Waals surface area contributed by atoms with Gasteiger partial charge in [-0.1, -0.05) is 134 Å². The second kappa shape index (κ2) is 38.2. The number of non-ortho nitro benzene ring substituents is 1. The Bertz CT molecular complexity index is 3890. The van der Waals surface area contributed by atoms with E-state index in [2.05, 4.69) is 52.8 Å². The van der Waals surface area contributed by atoms with Crippen LogP contribution < -0.4 is 47.4 Å². The smallest absolute Gasteiger partial charge is 0.306 e. The summed E-state index contributed by atoms with van der Waals surface area (Å²) in [4.78, 5) is 188. The number of likely N-dealkylation sites (tertiary alicyclic amines) is 1. The van der Waals surface area contributed by atoms with Gasteiger partial charge in [-0.15, -0.1) is 0 Å². The molecule has 4 aliphatic carbocycles. The highest BCUT2D eigenvalue weighted by Gasteiger charge is 2.46. The quantitative estimate of drug-likeness (QED) is 0.00904. The second-order valence-corrected chi connectivity index (χ2v) is 35.4. The van der Waals surface area contributed by atoms with Crippen LogP contribution in [0.5, 0.6) is 0 Å². The summed E-state index contributed by atoms with van der Waals surface area (Å²) in [6, 6.07) is 16.8. The number of hydrogen-bond acceptors (Lipinski definition) is 18. The second-order valence-electron chi connectivity index (χ2n) is 35.4. The van der Waals surface area contributed by atoms with Gasteiger partial charge in [0, 0.05) is 147 Å². The summed E-state index contributed by atoms with van der Waals surface area (Å²) in [6.45, 7) is 23.3. The first-order valence-electron chi connectivity index (χ1n) is 40.5. The minimum atomic E-state index is -1.43. The van der Waals surface area contributed by atoms with Crippen LogP contribution in [0.2, 0.25) is 0 Å². The van der Waals surface area contributed by atoms with E-state index >= 15 is 28.8 Å². The lowest BCUT2D eigenvalue weighted by atomic mass is 9.82. The summed E-state index contributed by atoms with van der Waals surface area (Å²) < 4.78 is 5.70. The number of benzene rings is 4. The fourth-order valence-electron chi connectivity index (χ4n) is 15.1. The molecule has 0 bridgehead atoms. The largest absolute Gasteiger partial charge is 0.464 e. The van der Waals surface area contributed by atoms with Crippen LogP contribution in [0, 0.1) is 43.6 Å². The molecule has 1 heterocycles. The molecule has 4 aromatic carbocycles. The Hall–Kier alpha value is -10.3. The molecule has 10 atom stereocenters. The molecular weight excluding hydrogens is 1460 g/mol. The number of nitrogens with one attached hydrogen (secondary N) is 8. The van der Waals surface area contributed by atoms with Crippen molar-refractivity contribution in [3.63, 3.8) is 0 Å². The molecule has 0 radical (unpaired) electrons. The Labute approximate surface area is 668 Å². The van der Waals surface area contributed by atoms with E-state index < -0.39 is 160 Å². The van der Waals surface area contributed by atoms with E-state index in [1.54, 1.807) is 95.2 Å². The van der Waals surface area contributed by atoms with Gasteiger partial charge in [-0.25, -0.2) is 0 Å². The molecule has 1 aliphatic heterocycles. The monoisotopic (exact) mass is 1570 g/mol. The first-order valence-corrected chi connectivity index (χ1v) is 40.5. The molecule has 1 saturated heterocycles. The number of rotatable bonds is 27. The van der Waals surface area contributed by atoms with Crippen LogP contribution in [0.15, 0.2) is 95.2 Å². The Morgan fingerprint density at radius 1 is 0.421 bits per heavy atom. The third-order valence-corrected chi connectivity index (χ3v) is 22.3. The first-order chi connectivity index (χ1) is 53.7. The van der Waals surface area contributed by atoms with Gasteiger partial charge in [-0.05, 0) is 131 Å². The van der Waals surface area contributed by atoms with E-state index in [-0.39, 0.29) is 75.8 Å². The molecule has 4 aromatic rings. The van der Waals surface area contributed by atoms with Crippen molar-refractivity contribution in [3.05, 3.63) is 128 Å². The molecule has 9 amide bonds.